The van der Waals surface area contributed by atoms with Crippen LogP contribution in [-0.2, 0) is 11.7 Å². The molecule has 1 aliphatic rings. The monoisotopic (exact) mass is 257 g/mol. The Kier molecular flexibility index (Phi) is 2.73. The van der Waals surface area contributed by atoms with E-state index in [2.05, 4.69) is 5.11 Å². The molecule has 18 heavy (non-hydrogen) atoms. The largest absolute Gasteiger partial charge is 0.416 e. The van der Waals surface area contributed by atoms with Crippen LogP contribution in [0.5, 0.6) is 0 Å². The van der Waals surface area contributed by atoms with E-state index >= 15 is 0 Å². The van der Waals surface area contributed by atoms with Gasteiger partial charge in [-0.1, -0.05) is 0 Å². The highest BCUT2D eigenvalue weighted by Crippen LogP contribution is 2.44. The third-order valence-electron chi connectivity index (χ3n) is 2.97. The highest BCUT2D eigenvalue weighted by atomic mass is 19.4. The van der Waals surface area contributed by atoms with Gasteiger partial charge < -0.3 is 5.73 Å². The molecule has 0 saturated heterocycles. The summed E-state index contributed by atoms with van der Waals surface area (Å²) >= 11 is 0. The number of benzene rings is 1. The molecule has 1 aromatic rings. The first kappa shape index (κ1) is 12.7. The Hall–Kier alpha value is -1.76. The minimum absolute atomic E-state index is 0.258. The maximum atomic E-state index is 12.7. The summed E-state index contributed by atoms with van der Waals surface area (Å²) in [6.45, 7) is 0. The van der Waals surface area contributed by atoms with Crippen LogP contribution in [0.2, 0.25) is 0 Å². The van der Waals surface area contributed by atoms with E-state index in [1.54, 1.807) is 0 Å². The maximum Gasteiger partial charge on any atom is 0.416 e. The number of hydrogen-bond donors (Lipinski definition) is 2. The summed E-state index contributed by atoms with van der Waals surface area (Å²) in [5, 5.41) is 2.63. The van der Waals surface area contributed by atoms with Gasteiger partial charge in [0.25, 0.3) is 5.91 Å². The molecule has 96 valence electrons. The van der Waals surface area contributed by atoms with E-state index < -0.39 is 23.2 Å². The van der Waals surface area contributed by atoms with Gasteiger partial charge in [-0.15, -0.1) is 5.11 Å². The fourth-order valence-corrected chi connectivity index (χ4v) is 1.69. The van der Waals surface area contributed by atoms with Crippen molar-refractivity contribution in [1.29, 1.82) is 5.53 Å². The van der Waals surface area contributed by atoms with Gasteiger partial charge in [-0.05, 0) is 36.6 Å². The number of nitrogens with two attached hydrogens (primary N) is 1. The Labute approximate surface area is 100 Å². The van der Waals surface area contributed by atoms with E-state index in [0.717, 1.165) is 6.07 Å². The summed E-state index contributed by atoms with van der Waals surface area (Å²) in [6.07, 6.45) is -3.39. The minimum atomic E-state index is -4.56. The molecule has 1 amide bonds. The second kappa shape index (κ2) is 3.88. The third-order valence-corrected chi connectivity index (χ3v) is 2.97. The number of nitrogens with zero attached hydrogens (tertiary/aromatic N) is 1. The van der Waals surface area contributed by atoms with Crippen molar-refractivity contribution in [2.45, 2.75) is 24.6 Å². The van der Waals surface area contributed by atoms with Gasteiger partial charge in [0.15, 0.2) is 0 Å². The van der Waals surface area contributed by atoms with Gasteiger partial charge in [0, 0.05) is 11.1 Å². The number of carbonyl (C=O) groups excluding carboxylic acids is 1. The highest BCUT2D eigenvalue weighted by Gasteiger charge is 2.42. The van der Waals surface area contributed by atoms with Crippen LogP contribution in [0.1, 0.15) is 34.3 Å². The number of hydrogen-bond acceptors (Lipinski definition) is 3. The van der Waals surface area contributed by atoms with Crippen molar-refractivity contribution in [2.75, 3.05) is 0 Å². The average Bonchev–Trinajstić information content (AvgIpc) is 3.06. The molecule has 0 spiro atoms. The summed E-state index contributed by atoms with van der Waals surface area (Å²) in [6, 6.07) is 2.92. The Morgan fingerprint density at radius 1 is 1.33 bits per heavy atom. The fraction of sp³-hybridized carbons (Fsp3) is 0.364. The van der Waals surface area contributed by atoms with Crippen LogP contribution in [0.3, 0.4) is 0 Å². The molecule has 0 heterocycles. The maximum absolute atomic E-state index is 12.7. The van der Waals surface area contributed by atoms with E-state index in [-0.39, 0.29) is 11.1 Å². The van der Waals surface area contributed by atoms with Crippen molar-refractivity contribution in [1.82, 2.24) is 0 Å². The Balaban J connectivity index is 2.55. The number of nitrogens with one attached hydrogen (secondary N) is 1. The number of rotatable bonds is 2. The van der Waals surface area contributed by atoms with Crippen LogP contribution in [0.15, 0.2) is 23.3 Å². The van der Waals surface area contributed by atoms with Crippen molar-refractivity contribution >= 4 is 5.91 Å². The fourth-order valence-electron chi connectivity index (χ4n) is 1.69. The Morgan fingerprint density at radius 3 is 2.39 bits per heavy atom. The SMILES string of the molecule is N=NC(=O)c1cc(C(F)(F)F)cc(C2(N)CC2)c1. The number of halogens is 3. The molecule has 1 fully saturated rings. The molecule has 3 N–H and O–H groups in total. The molecule has 1 saturated carbocycles. The van der Waals surface area contributed by atoms with Crippen molar-refractivity contribution in [2.24, 2.45) is 10.8 Å². The smallest absolute Gasteiger partial charge is 0.321 e. The molecule has 1 aromatic carbocycles. The highest BCUT2D eigenvalue weighted by molar-refractivity contribution is 5.94. The van der Waals surface area contributed by atoms with Crippen LogP contribution in [0.4, 0.5) is 13.2 Å². The predicted molar refractivity (Wildman–Crippen MR) is 56.0 cm³/mol. The molecule has 7 heteroatoms. The zero-order chi connectivity index (χ0) is 13.6. The molecular formula is C11H10F3N3O. The lowest BCUT2D eigenvalue weighted by Crippen LogP contribution is -2.20. The summed E-state index contributed by atoms with van der Waals surface area (Å²) in [5.74, 6) is -1.01. The molecule has 2 rings (SSSR count). The second-order valence-corrected chi connectivity index (χ2v) is 4.37. The van der Waals surface area contributed by atoms with Gasteiger partial charge in [0.1, 0.15) is 0 Å². The molecule has 0 atom stereocenters. The van der Waals surface area contributed by atoms with E-state index in [9.17, 15) is 18.0 Å². The lowest BCUT2D eigenvalue weighted by molar-refractivity contribution is -0.137. The molecule has 0 aromatic heterocycles. The lowest BCUT2D eigenvalue weighted by Gasteiger charge is -2.14. The molecule has 1 aliphatic carbocycles. The summed E-state index contributed by atoms with van der Waals surface area (Å²) in [7, 11) is 0. The van der Waals surface area contributed by atoms with Crippen molar-refractivity contribution < 1.29 is 18.0 Å². The van der Waals surface area contributed by atoms with Gasteiger partial charge in [-0.25, -0.2) is 5.53 Å². The zero-order valence-corrected chi connectivity index (χ0v) is 9.21. The minimum Gasteiger partial charge on any atom is -0.321 e. The third kappa shape index (κ3) is 2.26. The first-order chi connectivity index (χ1) is 8.26. The van der Waals surface area contributed by atoms with Gasteiger partial charge in [-0.2, -0.15) is 13.2 Å². The van der Waals surface area contributed by atoms with Crippen LogP contribution < -0.4 is 5.73 Å². The van der Waals surface area contributed by atoms with Crippen LogP contribution >= 0.6 is 0 Å². The van der Waals surface area contributed by atoms with Crippen molar-refractivity contribution in [3.8, 4) is 0 Å². The standard InChI is InChI=1S/C11H10F3N3O/c12-11(13,14)8-4-6(9(18)17-16)3-7(5-8)10(15)1-2-10/h3-5,16H,1-2,15H2. The topological polar surface area (TPSA) is 79.3 Å². The van der Waals surface area contributed by atoms with E-state index in [1.807, 2.05) is 0 Å². The number of carbonyl (C=O) groups is 1. The van der Waals surface area contributed by atoms with Crippen LogP contribution in [-0.4, -0.2) is 5.91 Å². The van der Waals surface area contributed by atoms with Crippen LogP contribution in [0.25, 0.3) is 0 Å². The summed E-state index contributed by atoms with van der Waals surface area (Å²) < 4.78 is 38.1. The number of alkyl halides is 3. The Morgan fingerprint density at radius 2 is 1.94 bits per heavy atom. The quantitative estimate of drug-likeness (QED) is 0.799. The first-order valence-corrected chi connectivity index (χ1v) is 5.20. The summed E-state index contributed by atoms with van der Waals surface area (Å²) in [4.78, 5) is 11.2. The molecule has 0 unspecified atom stereocenters. The van der Waals surface area contributed by atoms with Gasteiger partial charge in [0.2, 0.25) is 0 Å². The lowest BCUT2D eigenvalue weighted by atomic mass is 9.98. The van der Waals surface area contributed by atoms with E-state index in [1.165, 1.54) is 6.07 Å². The molecule has 0 radical (unpaired) electrons. The number of amides is 1. The zero-order valence-electron chi connectivity index (χ0n) is 9.21. The van der Waals surface area contributed by atoms with Crippen molar-refractivity contribution in [3.63, 3.8) is 0 Å². The van der Waals surface area contributed by atoms with Gasteiger partial charge in [0.05, 0.1) is 5.56 Å². The van der Waals surface area contributed by atoms with E-state index in [0.29, 0.717) is 18.9 Å². The predicted octanol–water partition coefficient (Wildman–Crippen LogP) is 2.82. The van der Waals surface area contributed by atoms with Crippen LogP contribution in [0, 0.1) is 5.53 Å². The molecule has 0 bridgehead atoms. The molecule has 4 nitrogen and oxygen atoms in total. The van der Waals surface area contributed by atoms with Crippen molar-refractivity contribution in [3.05, 3.63) is 34.9 Å². The normalized spacial score (nSPS) is 17.3. The molecule has 0 aliphatic heterocycles. The van der Waals surface area contributed by atoms with Gasteiger partial charge >= 0.3 is 6.18 Å². The van der Waals surface area contributed by atoms with Gasteiger partial charge in [-0.3, -0.25) is 4.79 Å². The first-order valence-electron chi connectivity index (χ1n) is 5.20. The second-order valence-electron chi connectivity index (χ2n) is 4.37. The van der Waals surface area contributed by atoms with E-state index in [4.69, 9.17) is 11.3 Å². The summed E-state index contributed by atoms with van der Waals surface area (Å²) in [5.41, 5.74) is 10.7. The molecular weight excluding hydrogens is 247 g/mol. The average molecular weight is 257 g/mol. The Bertz CT molecular complexity index is 497.